The van der Waals surface area contributed by atoms with Crippen LogP contribution in [-0.2, 0) is 0 Å². The van der Waals surface area contributed by atoms with Gasteiger partial charge in [-0.3, -0.25) is 10.2 Å². The van der Waals surface area contributed by atoms with Gasteiger partial charge < -0.3 is 32.7 Å². The number of nitrogens with one attached hydrogen (secondary N) is 3. The molecule has 8 heteroatoms. The van der Waals surface area contributed by atoms with Gasteiger partial charge in [0.15, 0.2) is 0 Å². The first-order valence-electron chi connectivity index (χ1n) is 9.86. The molecule has 0 heterocycles. The number of nitrogens with zero attached hydrogens (tertiary/aromatic N) is 2. The first-order valence-corrected chi connectivity index (χ1v) is 9.86. The summed E-state index contributed by atoms with van der Waals surface area (Å²) in [6.07, 6.45) is 0.101. The molecule has 0 aliphatic rings. The molecular formula is C18H46N8. The van der Waals surface area contributed by atoms with E-state index in [1.54, 1.807) is 0 Å². The van der Waals surface area contributed by atoms with E-state index in [0.29, 0.717) is 19.6 Å². The summed E-state index contributed by atoms with van der Waals surface area (Å²) in [5.74, 6) is 0. The Labute approximate surface area is 161 Å². The molecule has 9 N–H and O–H groups in total. The Morgan fingerprint density at radius 1 is 0.769 bits per heavy atom. The molecule has 0 radical (unpaired) electrons. The van der Waals surface area contributed by atoms with Crippen LogP contribution in [0.15, 0.2) is 0 Å². The third-order valence-electron chi connectivity index (χ3n) is 5.79. The Hall–Kier alpha value is -0.320. The molecule has 8 nitrogen and oxygen atoms in total. The van der Waals surface area contributed by atoms with E-state index >= 15 is 0 Å². The van der Waals surface area contributed by atoms with Gasteiger partial charge in [-0.2, -0.15) is 0 Å². The molecule has 1 unspecified atom stereocenters. The van der Waals surface area contributed by atoms with Crippen molar-refractivity contribution in [3.05, 3.63) is 0 Å². The van der Waals surface area contributed by atoms with Crippen molar-refractivity contribution in [3.8, 4) is 0 Å². The molecule has 158 valence electrons. The van der Waals surface area contributed by atoms with E-state index in [4.69, 9.17) is 17.2 Å². The van der Waals surface area contributed by atoms with E-state index in [-0.39, 0.29) is 17.2 Å². The van der Waals surface area contributed by atoms with Gasteiger partial charge in [0.05, 0.1) is 6.17 Å². The highest BCUT2D eigenvalue weighted by molar-refractivity contribution is 5.03. The lowest BCUT2D eigenvalue weighted by atomic mass is 9.79. The minimum atomic E-state index is -0.0946. The Kier molecular flexibility index (Phi) is 12.8. The van der Waals surface area contributed by atoms with Crippen molar-refractivity contribution in [3.63, 3.8) is 0 Å². The van der Waals surface area contributed by atoms with Gasteiger partial charge in [0.1, 0.15) is 0 Å². The van der Waals surface area contributed by atoms with E-state index in [9.17, 15) is 0 Å². The van der Waals surface area contributed by atoms with Gasteiger partial charge in [-0.15, -0.1) is 0 Å². The molecule has 0 aliphatic carbocycles. The fraction of sp³-hybridized carbons (Fsp3) is 1.00. The highest BCUT2D eigenvalue weighted by Gasteiger charge is 2.45. The summed E-state index contributed by atoms with van der Waals surface area (Å²) in [5.41, 5.74) is 17.2. The van der Waals surface area contributed by atoms with Crippen LogP contribution >= 0.6 is 0 Å². The molecule has 0 rings (SSSR count). The molecule has 0 bridgehead atoms. The summed E-state index contributed by atoms with van der Waals surface area (Å²) >= 11 is 0. The summed E-state index contributed by atoms with van der Waals surface area (Å²) in [4.78, 5) is 4.77. The van der Waals surface area contributed by atoms with Gasteiger partial charge in [0, 0.05) is 70.0 Å². The Morgan fingerprint density at radius 3 is 1.77 bits per heavy atom. The number of hydrogen-bond acceptors (Lipinski definition) is 8. The molecule has 0 fully saturated rings. The standard InChI is InChI=1S/C18H46N8/c1-17(2,25(5)6)18(3,4)26(14-13-23-10-8-20)16(15-21)24-12-11-22-9-7-19/h16,22-24H,7-15,19-21H2,1-6H3. The average molecular weight is 375 g/mol. The zero-order valence-corrected chi connectivity index (χ0v) is 18.1. The molecule has 0 aromatic carbocycles. The van der Waals surface area contributed by atoms with E-state index in [1.165, 1.54) is 0 Å². The van der Waals surface area contributed by atoms with E-state index in [0.717, 1.165) is 39.3 Å². The molecule has 0 saturated heterocycles. The predicted molar refractivity (Wildman–Crippen MR) is 113 cm³/mol. The van der Waals surface area contributed by atoms with E-state index in [2.05, 4.69) is 67.5 Å². The Balaban J connectivity index is 5.14. The van der Waals surface area contributed by atoms with Crippen molar-refractivity contribution < 1.29 is 0 Å². The second kappa shape index (κ2) is 13.0. The van der Waals surface area contributed by atoms with Crippen molar-refractivity contribution in [2.24, 2.45) is 17.2 Å². The lowest BCUT2D eigenvalue weighted by Crippen LogP contribution is -2.70. The molecule has 1 atom stereocenters. The zero-order chi connectivity index (χ0) is 20.2. The minimum Gasteiger partial charge on any atom is -0.329 e. The first-order chi connectivity index (χ1) is 12.2. The van der Waals surface area contributed by atoms with Crippen LogP contribution in [0.1, 0.15) is 27.7 Å². The van der Waals surface area contributed by atoms with Crippen LogP contribution in [0.25, 0.3) is 0 Å². The molecule has 0 aromatic heterocycles. The van der Waals surface area contributed by atoms with Crippen LogP contribution in [0.3, 0.4) is 0 Å². The maximum absolute atomic E-state index is 6.16. The van der Waals surface area contributed by atoms with Crippen LogP contribution in [0.4, 0.5) is 0 Å². The largest absolute Gasteiger partial charge is 0.329 e. The van der Waals surface area contributed by atoms with Crippen molar-refractivity contribution >= 4 is 0 Å². The molecule has 0 spiro atoms. The van der Waals surface area contributed by atoms with Gasteiger partial charge in [0.25, 0.3) is 0 Å². The number of hydrogen-bond donors (Lipinski definition) is 6. The predicted octanol–water partition coefficient (Wildman–Crippen LogP) is -1.62. The molecular weight excluding hydrogens is 328 g/mol. The maximum atomic E-state index is 6.16. The number of rotatable bonds is 16. The SMILES string of the molecule is CN(C)C(C)(C)C(C)(C)N(CCNCCN)C(CN)NCCNCCN. The number of nitrogens with two attached hydrogens (primary N) is 3. The van der Waals surface area contributed by atoms with Crippen LogP contribution < -0.4 is 33.2 Å². The average Bonchev–Trinajstić information content (AvgIpc) is 2.58. The lowest BCUT2D eigenvalue weighted by Gasteiger charge is -2.55. The maximum Gasteiger partial charge on any atom is 0.0729 e. The zero-order valence-electron chi connectivity index (χ0n) is 18.1. The number of likely N-dealkylation sites (N-methyl/N-ethyl adjacent to an activating group) is 1. The smallest absolute Gasteiger partial charge is 0.0729 e. The molecule has 0 amide bonds. The molecule has 0 aromatic rings. The van der Waals surface area contributed by atoms with Gasteiger partial charge >= 0.3 is 0 Å². The second-order valence-corrected chi connectivity index (χ2v) is 7.99. The van der Waals surface area contributed by atoms with Gasteiger partial charge in [-0.1, -0.05) is 0 Å². The van der Waals surface area contributed by atoms with Gasteiger partial charge in [0.2, 0.25) is 0 Å². The summed E-state index contributed by atoms with van der Waals surface area (Å²) in [5, 5.41) is 10.3. The fourth-order valence-electron chi connectivity index (χ4n) is 3.03. The normalized spacial score (nSPS) is 14.4. The topological polar surface area (TPSA) is 121 Å². The van der Waals surface area contributed by atoms with Crippen LogP contribution in [-0.4, -0.2) is 100 Å². The molecule has 26 heavy (non-hydrogen) atoms. The van der Waals surface area contributed by atoms with Crippen LogP contribution in [0, 0.1) is 0 Å². The van der Waals surface area contributed by atoms with Crippen molar-refractivity contribution in [2.75, 3.05) is 73.0 Å². The quantitative estimate of drug-likeness (QED) is 0.141. The second-order valence-electron chi connectivity index (χ2n) is 7.99. The molecule has 0 aliphatic heterocycles. The summed E-state index contributed by atoms with van der Waals surface area (Å²) in [6.45, 7) is 16.2. The third-order valence-corrected chi connectivity index (χ3v) is 5.79. The fourth-order valence-corrected chi connectivity index (χ4v) is 3.03. The van der Waals surface area contributed by atoms with E-state index in [1.807, 2.05) is 0 Å². The van der Waals surface area contributed by atoms with E-state index < -0.39 is 0 Å². The monoisotopic (exact) mass is 374 g/mol. The Bertz CT molecular complexity index is 346. The lowest BCUT2D eigenvalue weighted by molar-refractivity contribution is -0.0432. The molecule has 0 saturated carbocycles. The van der Waals surface area contributed by atoms with Crippen LogP contribution in [0.5, 0.6) is 0 Å². The highest BCUT2D eigenvalue weighted by Crippen LogP contribution is 2.32. The van der Waals surface area contributed by atoms with Gasteiger partial charge in [-0.25, -0.2) is 0 Å². The van der Waals surface area contributed by atoms with Crippen LogP contribution in [0.2, 0.25) is 0 Å². The van der Waals surface area contributed by atoms with Crippen molar-refractivity contribution in [1.82, 2.24) is 25.8 Å². The summed E-state index contributed by atoms with van der Waals surface area (Å²) in [7, 11) is 4.27. The Morgan fingerprint density at radius 2 is 1.31 bits per heavy atom. The third kappa shape index (κ3) is 7.74. The summed E-state index contributed by atoms with van der Waals surface area (Å²) in [6, 6.07) is 0. The first kappa shape index (κ1) is 25.7. The summed E-state index contributed by atoms with van der Waals surface area (Å²) < 4.78 is 0. The van der Waals surface area contributed by atoms with Gasteiger partial charge in [-0.05, 0) is 41.8 Å². The minimum absolute atomic E-state index is 0.0340. The van der Waals surface area contributed by atoms with Crippen molar-refractivity contribution in [1.29, 1.82) is 0 Å². The van der Waals surface area contributed by atoms with Crippen molar-refractivity contribution in [2.45, 2.75) is 44.9 Å². The highest BCUT2D eigenvalue weighted by atomic mass is 15.4.